The van der Waals surface area contributed by atoms with E-state index in [4.69, 9.17) is 4.84 Å². The van der Waals surface area contributed by atoms with E-state index >= 15 is 0 Å². The van der Waals surface area contributed by atoms with E-state index < -0.39 is 5.60 Å². The molecule has 0 radical (unpaired) electrons. The van der Waals surface area contributed by atoms with Crippen molar-refractivity contribution < 1.29 is 9.63 Å². The van der Waals surface area contributed by atoms with Crippen LogP contribution in [0.4, 0.5) is 5.69 Å². The summed E-state index contributed by atoms with van der Waals surface area (Å²) in [4.78, 5) is 20.4. The topological polar surface area (TPSA) is 41.9 Å². The first kappa shape index (κ1) is 12.9. The Morgan fingerprint density at radius 1 is 1.45 bits per heavy atom. The highest BCUT2D eigenvalue weighted by Gasteiger charge is 2.60. The van der Waals surface area contributed by atoms with Crippen LogP contribution in [0.5, 0.6) is 0 Å². The number of carbonyl (C=O) groups excluding carboxylic acids is 1. The summed E-state index contributed by atoms with van der Waals surface area (Å²) in [5.74, 6) is -0.117. The third-order valence-electron chi connectivity index (χ3n) is 4.41. The Morgan fingerprint density at radius 3 is 2.75 bits per heavy atom. The van der Waals surface area contributed by atoms with E-state index in [1.54, 1.807) is 4.90 Å². The molecule has 4 heteroatoms. The monoisotopic (exact) mass is 270 g/mol. The number of oxime groups is 1. The Balaban J connectivity index is 2.23. The van der Waals surface area contributed by atoms with Crippen molar-refractivity contribution >= 4 is 17.3 Å². The quantitative estimate of drug-likeness (QED) is 0.786. The molecule has 1 aromatic carbocycles. The first-order valence-electron chi connectivity index (χ1n) is 6.83. The van der Waals surface area contributed by atoms with Crippen molar-refractivity contribution in [2.45, 2.75) is 33.3 Å². The van der Waals surface area contributed by atoms with Crippen LogP contribution in [0.2, 0.25) is 0 Å². The molecule has 1 spiro atoms. The molecule has 4 nitrogen and oxygen atoms in total. The van der Waals surface area contributed by atoms with Crippen molar-refractivity contribution in [3.63, 3.8) is 0 Å². The largest absolute Gasteiger partial charge is 0.373 e. The first-order valence-corrected chi connectivity index (χ1v) is 6.83. The lowest BCUT2D eigenvalue weighted by Crippen LogP contribution is -2.44. The molecule has 20 heavy (non-hydrogen) atoms. The van der Waals surface area contributed by atoms with Gasteiger partial charge in [0.15, 0.2) is 0 Å². The second-order valence-electron chi connectivity index (χ2n) is 5.37. The van der Waals surface area contributed by atoms with Crippen LogP contribution in [0.3, 0.4) is 0 Å². The molecule has 0 aromatic heterocycles. The van der Waals surface area contributed by atoms with Crippen molar-refractivity contribution in [3.05, 3.63) is 41.6 Å². The Hall–Kier alpha value is -2.10. The van der Waals surface area contributed by atoms with Crippen LogP contribution in [0.25, 0.3) is 0 Å². The number of nitrogens with zero attached hydrogens (tertiary/aromatic N) is 2. The summed E-state index contributed by atoms with van der Waals surface area (Å²) in [7, 11) is 0. The maximum Gasteiger partial charge on any atom is 0.283 e. The second-order valence-corrected chi connectivity index (χ2v) is 5.37. The van der Waals surface area contributed by atoms with Crippen molar-refractivity contribution in [1.29, 1.82) is 0 Å². The van der Waals surface area contributed by atoms with E-state index in [9.17, 15) is 4.79 Å². The van der Waals surface area contributed by atoms with Gasteiger partial charge in [-0.25, -0.2) is 0 Å². The molecule has 0 bridgehead atoms. The molecule has 2 heterocycles. The lowest BCUT2D eigenvalue weighted by Gasteiger charge is -2.26. The molecule has 0 N–H and O–H groups in total. The van der Waals surface area contributed by atoms with Gasteiger partial charge in [0.2, 0.25) is 0 Å². The van der Waals surface area contributed by atoms with Gasteiger partial charge in [0.25, 0.3) is 11.5 Å². The summed E-state index contributed by atoms with van der Waals surface area (Å²) in [6, 6.07) is 7.79. The minimum Gasteiger partial charge on any atom is -0.373 e. The molecule has 0 aliphatic carbocycles. The van der Waals surface area contributed by atoms with Gasteiger partial charge in [0.1, 0.15) is 0 Å². The van der Waals surface area contributed by atoms with Crippen molar-refractivity contribution in [2.75, 3.05) is 4.90 Å². The molecular formula is C16H18N2O2. The number of carbonyl (C=O) groups is 1. The van der Waals surface area contributed by atoms with Crippen LogP contribution in [-0.4, -0.2) is 11.6 Å². The normalized spacial score (nSPS) is 28.7. The Bertz CT molecular complexity index is 648. The van der Waals surface area contributed by atoms with Gasteiger partial charge in [0, 0.05) is 11.3 Å². The zero-order valence-electron chi connectivity index (χ0n) is 12.2. The summed E-state index contributed by atoms with van der Waals surface area (Å²) in [5, 5.41) is 4.07. The first-order chi connectivity index (χ1) is 9.54. The molecule has 0 saturated carbocycles. The van der Waals surface area contributed by atoms with Gasteiger partial charge < -0.3 is 4.84 Å². The van der Waals surface area contributed by atoms with Crippen LogP contribution < -0.4 is 4.90 Å². The number of hydrogen-bond donors (Lipinski definition) is 0. The van der Waals surface area contributed by atoms with Gasteiger partial charge in [-0.05, 0) is 26.8 Å². The van der Waals surface area contributed by atoms with E-state index in [1.807, 2.05) is 58.0 Å². The van der Waals surface area contributed by atoms with Crippen LogP contribution in [-0.2, 0) is 15.2 Å². The SMILES string of the molecule is C/C=C(\C)N1C(=O)[C@]2(ON=C(C)[C@H]2C)c2ccccc21. The van der Waals surface area contributed by atoms with E-state index in [0.717, 1.165) is 22.7 Å². The fourth-order valence-electron chi connectivity index (χ4n) is 2.96. The van der Waals surface area contributed by atoms with E-state index in [1.165, 1.54) is 0 Å². The molecule has 0 fully saturated rings. The predicted octanol–water partition coefficient (Wildman–Crippen LogP) is 3.19. The van der Waals surface area contributed by atoms with Gasteiger partial charge >= 0.3 is 0 Å². The molecular weight excluding hydrogens is 252 g/mol. The van der Waals surface area contributed by atoms with Gasteiger partial charge in [-0.2, -0.15) is 0 Å². The van der Waals surface area contributed by atoms with Crippen molar-refractivity contribution in [1.82, 2.24) is 0 Å². The molecule has 104 valence electrons. The molecule has 1 aromatic rings. The minimum absolute atomic E-state index is 0.0533. The average Bonchev–Trinajstić information content (AvgIpc) is 2.90. The highest BCUT2D eigenvalue weighted by atomic mass is 16.7. The molecule has 3 rings (SSSR count). The molecule has 2 aliphatic heterocycles. The number of amides is 1. The molecule has 2 atom stereocenters. The maximum atomic E-state index is 13.0. The van der Waals surface area contributed by atoms with Gasteiger partial charge in [-0.1, -0.05) is 36.4 Å². The molecule has 0 saturated heterocycles. The van der Waals surface area contributed by atoms with Crippen LogP contribution >= 0.6 is 0 Å². The number of rotatable bonds is 1. The third kappa shape index (κ3) is 1.36. The summed E-state index contributed by atoms with van der Waals surface area (Å²) >= 11 is 0. The minimum atomic E-state index is -0.995. The molecule has 1 amide bonds. The van der Waals surface area contributed by atoms with Crippen molar-refractivity contribution in [2.24, 2.45) is 11.1 Å². The zero-order valence-corrected chi connectivity index (χ0v) is 12.2. The predicted molar refractivity (Wildman–Crippen MR) is 78.4 cm³/mol. The van der Waals surface area contributed by atoms with Crippen LogP contribution in [0.1, 0.15) is 33.3 Å². The maximum absolute atomic E-state index is 13.0. The fourth-order valence-corrected chi connectivity index (χ4v) is 2.96. The fraction of sp³-hybridized carbons (Fsp3) is 0.375. The average molecular weight is 270 g/mol. The third-order valence-corrected chi connectivity index (χ3v) is 4.41. The smallest absolute Gasteiger partial charge is 0.283 e. The number of allylic oxidation sites excluding steroid dienone is 2. The van der Waals surface area contributed by atoms with Gasteiger partial charge in [-0.3, -0.25) is 9.69 Å². The Labute approximate surface area is 118 Å². The number of anilines is 1. The Morgan fingerprint density at radius 2 is 2.15 bits per heavy atom. The van der Waals surface area contributed by atoms with Gasteiger partial charge in [0.05, 0.1) is 17.3 Å². The van der Waals surface area contributed by atoms with Crippen LogP contribution in [0.15, 0.2) is 41.2 Å². The van der Waals surface area contributed by atoms with E-state index in [0.29, 0.717) is 0 Å². The highest BCUT2D eigenvalue weighted by Crippen LogP contribution is 2.51. The number of fused-ring (bicyclic) bond motifs is 2. The number of para-hydroxylation sites is 1. The van der Waals surface area contributed by atoms with E-state index in [-0.39, 0.29) is 11.8 Å². The summed E-state index contributed by atoms with van der Waals surface area (Å²) in [6.07, 6.45) is 1.93. The number of hydrogen-bond acceptors (Lipinski definition) is 3. The molecule has 2 aliphatic rings. The molecule has 0 unspecified atom stereocenters. The van der Waals surface area contributed by atoms with E-state index in [2.05, 4.69) is 5.16 Å². The summed E-state index contributed by atoms with van der Waals surface area (Å²) in [6.45, 7) is 7.76. The highest BCUT2D eigenvalue weighted by molar-refractivity contribution is 6.12. The lowest BCUT2D eigenvalue weighted by molar-refractivity contribution is -0.143. The summed E-state index contributed by atoms with van der Waals surface area (Å²) in [5.41, 5.74) is 2.56. The summed E-state index contributed by atoms with van der Waals surface area (Å²) < 4.78 is 0. The lowest BCUT2D eigenvalue weighted by atomic mass is 9.81. The van der Waals surface area contributed by atoms with Crippen molar-refractivity contribution in [3.8, 4) is 0 Å². The Kier molecular flexibility index (Phi) is 2.71. The zero-order chi connectivity index (χ0) is 14.5. The second kappa shape index (κ2) is 4.20. The van der Waals surface area contributed by atoms with Crippen LogP contribution in [0, 0.1) is 5.92 Å². The standard InChI is InChI=1S/C16H18N2O2/c1-5-10(2)18-14-9-7-6-8-13(14)16(15(18)19)11(3)12(4)17-20-16/h5-9,11H,1-4H3/b10-5+/t11-,16-/m1/s1. The number of benzene rings is 1. The van der Waals surface area contributed by atoms with Gasteiger partial charge in [-0.15, -0.1) is 0 Å².